The number of hydrogen-bond acceptors (Lipinski definition) is 4. The van der Waals surface area contributed by atoms with Gasteiger partial charge in [-0.3, -0.25) is 0 Å². The fourth-order valence-electron chi connectivity index (χ4n) is 2.15. The molecule has 0 amide bonds. The monoisotopic (exact) mass is 239 g/mol. The summed E-state index contributed by atoms with van der Waals surface area (Å²) in [6.07, 6.45) is 1.14. The molecule has 90 valence electrons. The summed E-state index contributed by atoms with van der Waals surface area (Å²) in [6, 6.07) is 7.58. The van der Waals surface area contributed by atoms with Crippen LogP contribution in [0, 0.1) is 24.2 Å². The molecule has 4 heteroatoms. The highest BCUT2D eigenvalue weighted by atomic mass is 16.5. The first-order chi connectivity index (χ1) is 8.69. The minimum atomic E-state index is 0.459. The van der Waals surface area contributed by atoms with Gasteiger partial charge in [-0.15, -0.1) is 0 Å². The summed E-state index contributed by atoms with van der Waals surface area (Å²) in [4.78, 5) is 4.45. The minimum Gasteiger partial charge on any atom is -0.334 e. The summed E-state index contributed by atoms with van der Waals surface area (Å²) < 4.78 is 5.31. The maximum atomic E-state index is 8.84. The quantitative estimate of drug-likeness (QED) is 0.808. The molecule has 0 N–H and O–H groups in total. The Bertz CT molecular complexity index is 639. The van der Waals surface area contributed by atoms with Crippen molar-refractivity contribution >= 4 is 0 Å². The number of rotatable bonds is 2. The maximum Gasteiger partial charge on any atom is 0.258 e. The predicted molar refractivity (Wildman–Crippen MR) is 65.7 cm³/mol. The van der Waals surface area contributed by atoms with E-state index in [1.54, 1.807) is 6.07 Å². The van der Waals surface area contributed by atoms with Crippen LogP contribution >= 0.6 is 0 Å². The van der Waals surface area contributed by atoms with Gasteiger partial charge >= 0.3 is 0 Å². The largest absolute Gasteiger partial charge is 0.334 e. The maximum absolute atomic E-state index is 8.84. The van der Waals surface area contributed by atoms with Gasteiger partial charge in [0.25, 0.3) is 5.89 Å². The zero-order valence-corrected chi connectivity index (χ0v) is 10.3. The third-order valence-corrected chi connectivity index (χ3v) is 3.47. The molecular formula is C14H13N3O. The lowest BCUT2D eigenvalue weighted by Gasteiger charge is -1.99. The summed E-state index contributed by atoms with van der Waals surface area (Å²) in [5, 5.41) is 12.9. The highest BCUT2D eigenvalue weighted by molar-refractivity contribution is 5.60. The molecule has 0 bridgehead atoms. The van der Waals surface area contributed by atoms with Crippen LogP contribution < -0.4 is 0 Å². The van der Waals surface area contributed by atoms with Gasteiger partial charge in [0.05, 0.1) is 11.6 Å². The number of nitrogens with zero attached hydrogens (tertiary/aromatic N) is 3. The first kappa shape index (κ1) is 11.0. The van der Waals surface area contributed by atoms with Crippen molar-refractivity contribution in [2.45, 2.75) is 26.2 Å². The number of aryl methyl sites for hydroxylation is 1. The van der Waals surface area contributed by atoms with E-state index < -0.39 is 0 Å². The SMILES string of the molecule is Cc1cc(C#N)ccc1-c1nc(C2CC2C)no1. The Morgan fingerprint density at radius 3 is 2.83 bits per heavy atom. The average Bonchev–Trinajstić information content (AvgIpc) is 2.91. The fraction of sp³-hybridized carbons (Fsp3) is 0.357. The highest BCUT2D eigenvalue weighted by Crippen LogP contribution is 2.45. The van der Waals surface area contributed by atoms with Gasteiger partial charge in [-0.25, -0.2) is 0 Å². The van der Waals surface area contributed by atoms with Gasteiger partial charge in [0.1, 0.15) is 0 Å². The van der Waals surface area contributed by atoms with Gasteiger partial charge < -0.3 is 4.52 Å². The van der Waals surface area contributed by atoms with Crippen LogP contribution in [0.4, 0.5) is 0 Å². The van der Waals surface area contributed by atoms with Crippen LogP contribution in [-0.2, 0) is 0 Å². The summed E-state index contributed by atoms with van der Waals surface area (Å²) in [7, 11) is 0. The molecule has 2 unspecified atom stereocenters. The van der Waals surface area contributed by atoms with E-state index in [0.29, 0.717) is 23.3 Å². The molecule has 1 heterocycles. The molecule has 1 fully saturated rings. The number of benzene rings is 1. The summed E-state index contributed by atoms with van der Waals surface area (Å²) in [5.74, 6) is 2.48. The Morgan fingerprint density at radius 2 is 2.22 bits per heavy atom. The third kappa shape index (κ3) is 1.78. The minimum absolute atomic E-state index is 0.459. The van der Waals surface area contributed by atoms with Crippen LogP contribution in [0.3, 0.4) is 0 Å². The lowest BCUT2D eigenvalue weighted by Crippen LogP contribution is -1.87. The zero-order valence-electron chi connectivity index (χ0n) is 10.3. The standard InChI is InChI=1S/C14H13N3O/c1-8-5-10(7-15)3-4-11(8)14-16-13(17-18-14)12-6-9(12)2/h3-5,9,12H,6H2,1-2H3. The second-order valence-electron chi connectivity index (χ2n) is 4.92. The van der Waals surface area contributed by atoms with Crippen molar-refractivity contribution in [3.8, 4) is 17.5 Å². The Hall–Kier alpha value is -2.15. The first-order valence-corrected chi connectivity index (χ1v) is 6.04. The predicted octanol–water partition coefficient (Wildman–Crippen LogP) is 3.04. The summed E-state index contributed by atoms with van der Waals surface area (Å²) in [6.45, 7) is 4.13. The van der Waals surface area contributed by atoms with Crippen LogP contribution in [0.15, 0.2) is 22.7 Å². The van der Waals surface area contributed by atoms with Crippen molar-refractivity contribution in [3.05, 3.63) is 35.2 Å². The summed E-state index contributed by atoms with van der Waals surface area (Å²) >= 11 is 0. The van der Waals surface area contributed by atoms with Crippen LogP contribution in [0.25, 0.3) is 11.5 Å². The molecule has 1 aromatic carbocycles. The molecule has 2 atom stereocenters. The summed E-state index contributed by atoms with van der Waals surface area (Å²) in [5.41, 5.74) is 2.53. The average molecular weight is 239 g/mol. The van der Waals surface area contributed by atoms with E-state index in [2.05, 4.69) is 23.1 Å². The first-order valence-electron chi connectivity index (χ1n) is 6.04. The lowest BCUT2D eigenvalue weighted by molar-refractivity contribution is 0.421. The highest BCUT2D eigenvalue weighted by Gasteiger charge is 2.38. The van der Waals surface area contributed by atoms with Gasteiger partial charge in [0, 0.05) is 11.5 Å². The van der Waals surface area contributed by atoms with E-state index >= 15 is 0 Å². The van der Waals surface area contributed by atoms with Crippen LogP contribution in [0.2, 0.25) is 0 Å². The van der Waals surface area contributed by atoms with Gasteiger partial charge in [-0.2, -0.15) is 10.2 Å². The van der Waals surface area contributed by atoms with E-state index in [0.717, 1.165) is 23.4 Å². The normalized spacial score (nSPS) is 21.6. The second-order valence-corrected chi connectivity index (χ2v) is 4.92. The van der Waals surface area contributed by atoms with Gasteiger partial charge in [-0.1, -0.05) is 12.1 Å². The molecule has 0 spiro atoms. The van der Waals surface area contributed by atoms with Crippen molar-refractivity contribution < 1.29 is 4.52 Å². The van der Waals surface area contributed by atoms with Crippen molar-refractivity contribution in [2.75, 3.05) is 0 Å². The Labute approximate surface area is 105 Å². The molecule has 2 aromatic rings. The molecule has 1 aliphatic rings. The molecule has 0 saturated heterocycles. The number of hydrogen-bond donors (Lipinski definition) is 0. The van der Waals surface area contributed by atoms with E-state index in [1.807, 2.05) is 19.1 Å². The van der Waals surface area contributed by atoms with Crippen molar-refractivity contribution in [1.82, 2.24) is 10.1 Å². The Balaban J connectivity index is 1.95. The molecule has 18 heavy (non-hydrogen) atoms. The molecule has 4 nitrogen and oxygen atoms in total. The molecule has 3 rings (SSSR count). The van der Waals surface area contributed by atoms with E-state index in [-0.39, 0.29) is 0 Å². The molecule has 1 saturated carbocycles. The van der Waals surface area contributed by atoms with Crippen LogP contribution in [0.5, 0.6) is 0 Å². The fourth-order valence-corrected chi connectivity index (χ4v) is 2.15. The molecule has 0 radical (unpaired) electrons. The zero-order chi connectivity index (χ0) is 12.7. The Morgan fingerprint density at radius 1 is 1.44 bits per heavy atom. The molecular weight excluding hydrogens is 226 g/mol. The van der Waals surface area contributed by atoms with Crippen LogP contribution in [0.1, 0.15) is 36.2 Å². The number of nitriles is 1. The lowest BCUT2D eigenvalue weighted by atomic mass is 10.1. The number of aromatic nitrogens is 2. The second kappa shape index (κ2) is 3.95. The smallest absolute Gasteiger partial charge is 0.258 e. The molecule has 1 aliphatic carbocycles. The van der Waals surface area contributed by atoms with Crippen LogP contribution in [-0.4, -0.2) is 10.1 Å². The molecule has 1 aromatic heterocycles. The Kier molecular flexibility index (Phi) is 2.41. The van der Waals surface area contributed by atoms with Crippen molar-refractivity contribution in [3.63, 3.8) is 0 Å². The topological polar surface area (TPSA) is 62.7 Å². The van der Waals surface area contributed by atoms with Gasteiger partial charge in [0.2, 0.25) is 0 Å². The van der Waals surface area contributed by atoms with Crippen molar-refractivity contribution in [2.24, 2.45) is 5.92 Å². The third-order valence-electron chi connectivity index (χ3n) is 3.47. The van der Waals surface area contributed by atoms with Gasteiger partial charge in [0.15, 0.2) is 5.82 Å². The van der Waals surface area contributed by atoms with E-state index in [4.69, 9.17) is 9.78 Å². The van der Waals surface area contributed by atoms with E-state index in [9.17, 15) is 0 Å². The van der Waals surface area contributed by atoms with Crippen molar-refractivity contribution in [1.29, 1.82) is 5.26 Å². The van der Waals surface area contributed by atoms with Gasteiger partial charge in [-0.05, 0) is 43.0 Å². The van der Waals surface area contributed by atoms with E-state index in [1.165, 1.54) is 0 Å². The molecule has 0 aliphatic heterocycles.